The van der Waals surface area contributed by atoms with E-state index < -0.39 is 0 Å². The first-order valence-corrected chi connectivity index (χ1v) is 8.83. The highest BCUT2D eigenvalue weighted by atomic mass is 16.5. The van der Waals surface area contributed by atoms with Crippen molar-refractivity contribution in [2.75, 3.05) is 18.4 Å². The number of nitrogens with zero attached hydrogens (tertiary/aromatic N) is 3. The number of likely N-dealkylation sites (tertiary alicyclic amines) is 1. The van der Waals surface area contributed by atoms with Crippen LogP contribution in [0.5, 0.6) is 0 Å². The largest absolute Gasteiger partial charge is 0.339 e. The van der Waals surface area contributed by atoms with Crippen molar-refractivity contribution in [3.05, 3.63) is 42.0 Å². The van der Waals surface area contributed by atoms with Crippen LogP contribution in [0, 0.1) is 5.92 Å². The molecule has 0 radical (unpaired) electrons. The van der Waals surface area contributed by atoms with Crippen molar-refractivity contribution in [2.45, 2.75) is 45.6 Å². The average molecular weight is 342 g/mol. The number of amides is 1. The predicted molar refractivity (Wildman–Crippen MR) is 96.1 cm³/mol. The number of rotatable bonds is 4. The smallest absolute Gasteiger partial charge is 0.232 e. The van der Waals surface area contributed by atoms with Crippen LogP contribution in [-0.2, 0) is 16.8 Å². The molecule has 0 atom stereocenters. The van der Waals surface area contributed by atoms with E-state index in [0.29, 0.717) is 12.4 Å². The third kappa shape index (κ3) is 4.66. The molecular formula is C19H26N4O2. The minimum absolute atomic E-state index is 0.0619. The van der Waals surface area contributed by atoms with E-state index in [2.05, 4.69) is 41.1 Å². The van der Waals surface area contributed by atoms with E-state index in [0.717, 1.165) is 37.4 Å². The lowest BCUT2D eigenvalue weighted by molar-refractivity contribution is -0.121. The maximum atomic E-state index is 12.4. The van der Waals surface area contributed by atoms with Crippen LogP contribution in [0.25, 0.3) is 0 Å². The predicted octanol–water partition coefficient (Wildman–Crippen LogP) is 3.22. The summed E-state index contributed by atoms with van der Waals surface area (Å²) in [4.78, 5) is 19.1. The Bertz CT molecular complexity index is 698. The Morgan fingerprint density at radius 1 is 1.24 bits per heavy atom. The highest BCUT2D eigenvalue weighted by molar-refractivity contribution is 5.92. The van der Waals surface area contributed by atoms with Crippen LogP contribution in [0.3, 0.4) is 0 Å². The molecule has 0 bridgehead atoms. The van der Waals surface area contributed by atoms with Crippen LogP contribution in [0.2, 0.25) is 0 Å². The van der Waals surface area contributed by atoms with Gasteiger partial charge in [-0.05, 0) is 38.1 Å². The van der Waals surface area contributed by atoms with Gasteiger partial charge >= 0.3 is 0 Å². The van der Waals surface area contributed by atoms with Gasteiger partial charge in [-0.3, -0.25) is 9.69 Å². The van der Waals surface area contributed by atoms with Gasteiger partial charge in [0.15, 0.2) is 5.82 Å². The number of carbonyl (C=O) groups is 1. The molecule has 1 aromatic carbocycles. The molecule has 6 heteroatoms. The first kappa shape index (κ1) is 17.6. The average Bonchev–Trinajstić information content (AvgIpc) is 3.05. The zero-order valence-corrected chi connectivity index (χ0v) is 15.2. The summed E-state index contributed by atoms with van der Waals surface area (Å²) < 4.78 is 5.34. The number of anilines is 1. The standard InChI is InChI=1S/C19H26N4O2/c1-19(2,3)18-21-16(22-25-18)13-23-11-9-14(10-12-23)17(24)20-15-7-5-4-6-8-15/h4-8,14H,9-13H2,1-3H3,(H,20,24). The topological polar surface area (TPSA) is 71.3 Å². The van der Waals surface area contributed by atoms with Gasteiger partial charge in [0.05, 0.1) is 6.54 Å². The normalized spacial score (nSPS) is 16.8. The number of hydrogen-bond acceptors (Lipinski definition) is 5. The van der Waals surface area contributed by atoms with E-state index in [-0.39, 0.29) is 17.2 Å². The summed E-state index contributed by atoms with van der Waals surface area (Å²) in [6.45, 7) is 8.58. The Labute approximate surface area is 148 Å². The van der Waals surface area contributed by atoms with Crippen molar-refractivity contribution in [3.63, 3.8) is 0 Å². The van der Waals surface area contributed by atoms with Gasteiger partial charge in [0.25, 0.3) is 0 Å². The second-order valence-electron chi connectivity index (χ2n) is 7.67. The van der Waals surface area contributed by atoms with Crippen LogP contribution in [0.4, 0.5) is 5.69 Å². The van der Waals surface area contributed by atoms with Crippen molar-refractivity contribution in [2.24, 2.45) is 5.92 Å². The summed E-state index contributed by atoms with van der Waals surface area (Å²) in [5.74, 6) is 1.56. The molecule has 25 heavy (non-hydrogen) atoms. The van der Waals surface area contributed by atoms with Crippen molar-refractivity contribution >= 4 is 11.6 Å². The van der Waals surface area contributed by atoms with Gasteiger partial charge in [0, 0.05) is 17.0 Å². The monoisotopic (exact) mass is 342 g/mol. The molecule has 1 saturated heterocycles. The molecule has 134 valence electrons. The summed E-state index contributed by atoms with van der Waals surface area (Å²) in [5, 5.41) is 7.08. The lowest BCUT2D eigenvalue weighted by Gasteiger charge is -2.30. The van der Waals surface area contributed by atoms with Gasteiger partial charge in [0.1, 0.15) is 0 Å². The van der Waals surface area contributed by atoms with Crippen LogP contribution in [0.15, 0.2) is 34.9 Å². The summed E-state index contributed by atoms with van der Waals surface area (Å²) in [7, 11) is 0. The third-order valence-electron chi connectivity index (χ3n) is 4.47. The van der Waals surface area contributed by atoms with Crippen LogP contribution < -0.4 is 5.32 Å². The Morgan fingerprint density at radius 2 is 1.92 bits per heavy atom. The van der Waals surface area contributed by atoms with Crippen LogP contribution in [0.1, 0.15) is 45.3 Å². The fourth-order valence-corrected chi connectivity index (χ4v) is 2.94. The first-order valence-electron chi connectivity index (χ1n) is 8.83. The number of para-hydroxylation sites is 1. The maximum absolute atomic E-state index is 12.4. The van der Waals surface area contributed by atoms with Gasteiger partial charge in [0.2, 0.25) is 11.8 Å². The number of piperidine rings is 1. The van der Waals surface area contributed by atoms with Crippen molar-refractivity contribution < 1.29 is 9.32 Å². The molecule has 1 aromatic heterocycles. The molecule has 0 unspecified atom stereocenters. The molecular weight excluding hydrogens is 316 g/mol. The molecule has 0 saturated carbocycles. The molecule has 2 heterocycles. The summed E-state index contributed by atoms with van der Waals surface area (Å²) in [5.41, 5.74) is 0.727. The quantitative estimate of drug-likeness (QED) is 0.924. The summed E-state index contributed by atoms with van der Waals surface area (Å²) in [6, 6.07) is 9.62. The molecule has 1 aliphatic heterocycles. The van der Waals surface area contributed by atoms with Gasteiger partial charge in [-0.2, -0.15) is 4.98 Å². The highest BCUT2D eigenvalue weighted by Gasteiger charge is 2.27. The maximum Gasteiger partial charge on any atom is 0.232 e. The first-order chi connectivity index (χ1) is 11.9. The van der Waals surface area contributed by atoms with E-state index in [1.54, 1.807) is 0 Å². The second-order valence-corrected chi connectivity index (χ2v) is 7.67. The molecule has 3 rings (SSSR count). The third-order valence-corrected chi connectivity index (χ3v) is 4.47. The molecule has 1 N–H and O–H groups in total. The Balaban J connectivity index is 1.48. The fraction of sp³-hybridized carbons (Fsp3) is 0.526. The van der Waals surface area contributed by atoms with Gasteiger partial charge in [-0.25, -0.2) is 0 Å². The lowest BCUT2D eigenvalue weighted by atomic mass is 9.95. The Hall–Kier alpha value is -2.21. The molecule has 1 amide bonds. The van der Waals surface area contributed by atoms with E-state index >= 15 is 0 Å². The molecule has 2 aromatic rings. The molecule has 0 aliphatic carbocycles. The zero-order chi connectivity index (χ0) is 17.9. The summed E-state index contributed by atoms with van der Waals surface area (Å²) >= 11 is 0. The van der Waals surface area contributed by atoms with Gasteiger partial charge < -0.3 is 9.84 Å². The number of aromatic nitrogens is 2. The number of nitrogens with one attached hydrogen (secondary N) is 1. The van der Waals surface area contributed by atoms with Gasteiger partial charge in [-0.15, -0.1) is 0 Å². The molecule has 1 fully saturated rings. The van der Waals surface area contributed by atoms with Crippen molar-refractivity contribution in [1.82, 2.24) is 15.0 Å². The number of carbonyl (C=O) groups excluding carboxylic acids is 1. The zero-order valence-electron chi connectivity index (χ0n) is 15.2. The minimum Gasteiger partial charge on any atom is -0.339 e. The van der Waals surface area contributed by atoms with E-state index in [1.165, 1.54) is 0 Å². The highest BCUT2D eigenvalue weighted by Crippen LogP contribution is 2.22. The van der Waals surface area contributed by atoms with Crippen molar-refractivity contribution in [1.29, 1.82) is 0 Å². The number of hydrogen-bond donors (Lipinski definition) is 1. The van der Waals surface area contributed by atoms with Gasteiger partial charge in [-0.1, -0.05) is 44.1 Å². The van der Waals surface area contributed by atoms with Crippen molar-refractivity contribution in [3.8, 4) is 0 Å². The fourth-order valence-electron chi connectivity index (χ4n) is 2.94. The SMILES string of the molecule is CC(C)(C)c1nc(CN2CCC(C(=O)Nc3ccccc3)CC2)no1. The molecule has 1 aliphatic rings. The van der Waals surface area contributed by atoms with E-state index in [9.17, 15) is 4.79 Å². The molecule has 6 nitrogen and oxygen atoms in total. The Kier molecular flexibility index (Phi) is 5.18. The molecule has 0 spiro atoms. The number of benzene rings is 1. The minimum atomic E-state index is -0.131. The van der Waals surface area contributed by atoms with Crippen LogP contribution in [-0.4, -0.2) is 34.0 Å². The Morgan fingerprint density at radius 3 is 2.52 bits per heavy atom. The van der Waals surface area contributed by atoms with Crippen LogP contribution >= 0.6 is 0 Å². The van der Waals surface area contributed by atoms with E-state index in [1.807, 2.05) is 30.3 Å². The second kappa shape index (κ2) is 7.35. The van der Waals surface area contributed by atoms with E-state index in [4.69, 9.17) is 4.52 Å². The lowest BCUT2D eigenvalue weighted by Crippen LogP contribution is -2.38. The summed E-state index contributed by atoms with van der Waals surface area (Å²) in [6.07, 6.45) is 1.70.